The van der Waals surface area contributed by atoms with Gasteiger partial charge in [0.25, 0.3) is 0 Å². The van der Waals surface area contributed by atoms with Crippen molar-refractivity contribution < 1.29 is 4.79 Å². The zero-order valence-electron chi connectivity index (χ0n) is 11.3. The monoisotopic (exact) mass is 299 g/mol. The molecule has 1 amide bonds. The Bertz CT molecular complexity index is 221. The summed E-state index contributed by atoms with van der Waals surface area (Å²) in [4.78, 5) is 12.2. The Morgan fingerprint density at radius 1 is 1.39 bits per heavy atom. The van der Waals surface area contributed by atoms with Crippen LogP contribution < -0.4 is 16.4 Å². The van der Waals surface area contributed by atoms with Crippen LogP contribution in [0.25, 0.3) is 0 Å². The molecule has 1 aliphatic heterocycles. The third-order valence-electron chi connectivity index (χ3n) is 3.86. The largest absolute Gasteiger partial charge is 0.352 e. The predicted octanol–water partition coefficient (Wildman–Crippen LogP) is 1.46. The summed E-state index contributed by atoms with van der Waals surface area (Å²) in [5, 5.41) is 6.43. The van der Waals surface area contributed by atoms with Crippen molar-refractivity contribution in [2.24, 2.45) is 11.1 Å². The first-order valence-electron chi connectivity index (χ1n) is 6.40. The van der Waals surface area contributed by atoms with Crippen molar-refractivity contribution in [1.82, 2.24) is 10.6 Å². The van der Waals surface area contributed by atoms with Gasteiger partial charge in [0.05, 0.1) is 5.41 Å². The molecule has 18 heavy (non-hydrogen) atoms. The summed E-state index contributed by atoms with van der Waals surface area (Å²) in [6.45, 7) is 6.46. The Hall–Kier alpha value is -0.0300. The van der Waals surface area contributed by atoms with Crippen LogP contribution in [0.4, 0.5) is 0 Å². The third kappa shape index (κ3) is 4.92. The molecule has 6 heteroatoms. The van der Waals surface area contributed by atoms with Crippen LogP contribution in [-0.4, -0.2) is 31.6 Å². The van der Waals surface area contributed by atoms with E-state index in [2.05, 4.69) is 10.6 Å². The van der Waals surface area contributed by atoms with E-state index < -0.39 is 0 Å². The van der Waals surface area contributed by atoms with Crippen LogP contribution >= 0.6 is 24.8 Å². The van der Waals surface area contributed by atoms with Crippen LogP contribution in [0, 0.1) is 5.41 Å². The van der Waals surface area contributed by atoms with Crippen molar-refractivity contribution >= 4 is 30.7 Å². The Kier molecular flexibility index (Phi) is 11.1. The minimum Gasteiger partial charge on any atom is -0.352 e. The molecule has 4 N–H and O–H groups in total. The molecular formula is C12H27Cl2N3O. The summed E-state index contributed by atoms with van der Waals surface area (Å²) in [5.74, 6) is 0.133. The number of rotatable bonds is 5. The van der Waals surface area contributed by atoms with Gasteiger partial charge in [-0.1, -0.05) is 13.8 Å². The molecule has 1 rings (SSSR count). The summed E-state index contributed by atoms with van der Waals surface area (Å²) < 4.78 is 0. The highest BCUT2D eigenvalue weighted by Crippen LogP contribution is 2.25. The van der Waals surface area contributed by atoms with Crippen molar-refractivity contribution in [2.75, 3.05) is 19.6 Å². The Morgan fingerprint density at radius 2 is 2.00 bits per heavy atom. The van der Waals surface area contributed by atoms with Crippen LogP contribution in [0.5, 0.6) is 0 Å². The van der Waals surface area contributed by atoms with Crippen molar-refractivity contribution in [3.05, 3.63) is 0 Å². The van der Waals surface area contributed by atoms with Gasteiger partial charge >= 0.3 is 0 Å². The van der Waals surface area contributed by atoms with Gasteiger partial charge < -0.3 is 16.4 Å². The Balaban J connectivity index is 0. The van der Waals surface area contributed by atoms with Gasteiger partial charge in [0.1, 0.15) is 0 Å². The van der Waals surface area contributed by atoms with Gasteiger partial charge in [-0.2, -0.15) is 0 Å². The smallest absolute Gasteiger partial charge is 0.227 e. The lowest BCUT2D eigenvalue weighted by Gasteiger charge is -2.32. The van der Waals surface area contributed by atoms with Crippen LogP contribution in [0.2, 0.25) is 0 Å². The van der Waals surface area contributed by atoms with Gasteiger partial charge in [0.15, 0.2) is 0 Å². The molecule has 0 aromatic heterocycles. The van der Waals surface area contributed by atoms with E-state index in [4.69, 9.17) is 5.73 Å². The van der Waals surface area contributed by atoms with E-state index in [9.17, 15) is 4.79 Å². The maximum Gasteiger partial charge on any atom is 0.227 e. The molecule has 0 spiro atoms. The number of nitrogens with one attached hydrogen (secondary N) is 2. The zero-order valence-corrected chi connectivity index (χ0v) is 13.0. The summed E-state index contributed by atoms with van der Waals surface area (Å²) in [6, 6.07) is 0.283. The highest BCUT2D eigenvalue weighted by atomic mass is 35.5. The van der Waals surface area contributed by atoms with E-state index in [1.54, 1.807) is 0 Å². The molecule has 1 aliphatic rings. The molecule has 0 aromatic carbocycles. The van der Waals surface area contributed by atoms with Gasteiger partial charge in [-0.25, -0.2) is 0 Å². The first-order chi connectivity index (χ1) is 7.68. The SMILES string of the molecule is CCC(CC)(CN)C(=O)NC1CCCNC1.Cl.Cl. The molecule has 0 bridgehead atoms. The summed E-state index contributed by atoms with van der Waals surface area (Å²) in [5.41, 5.74) is 5.39. The molecule has 1 fully saturated rings. The summed E-state index contributed by atoms with van der Waals surface area (Å²) >= 11 is 0. The van der Waals surface area contributed by atoms with E-state index in [-0.39, 0.29) is 42.2 Å². The number of nitrogens with two attached hydrogens (primary N) is 1. The number of piperidine rings is 1. The normalized spacial score (nSPS) is 19.4. The molecular weight excluding hydrogens is 273 g/mol. The minimum atomic E-state index is -0.364. The number of carbonyl (C=O) groups is 1. The lowest BCUT2D eigenvalue weighted by molar-refractivity contribution is -0.131. The molecule has 4 nitrogen and oxygen atoms in total. The number of halogens is 2. The fraction of sp³-hybridized carbons (Fsp3) is 0.917. The van der Waals surface area contributed by atoms with E-state index in [0.29, 0.717) is 6.54 Å². The van der Waals surface area contributed by atoms with E-state index >= 15 is 0 Å². The molecule has 1 atom stereocenters. The lowest BCUT2D eigenvalue weighted by atomic mass is 9.81. The van der Waals surface area contributed by atoms with Crippen LogP contribution in [0.1, 0.15) is 39.5 Å². The van der Waals surface area contributed by atoms with Gasteiger partial charge in [-0.15, -0.1) is 24.8 Å². The highest BCUT2D eigenvalue weighted by molar-refractivity contribution is 5.85. The molecule has 0 radical (unpaired) electrons. The van der Waals surface area contributed by atoms with Gasteiger partial charge in [-0.3, -0.25) is 4.79 Å². The maximum atomic E-state index is 12.2. The average Bonchev–Trinajstić information content (AvgIpc) is 2.33. The van der Waals surface area contributed by atoms with Gasteiger partial charge in [-0.05, 0) is 32.2 Å². The molecule has 1 heterocycles. The highest BCUT2D eigenvalue weighted by Gasteiger charge is 2.34. The summed E-state index contributed by atoms with van der Waals surface area (Å²) in [7, 11) is 0. The van der Waals surface area contributed by atoms with Gasteiger partial charge in [0, 0.05) is 19.1 Å². The molecule has 1 unspecified atom stereocenters. The number of amides is 1. The Morgan fingerprint density at radius 3 is 2.39 bits per heavy atom. The maximum absolute atomic E-state index is 12.2. The van der Waals surface area contributed by atoms with Crippen LogP contribution in [0.15, 0.2) is 0 Å². The standard InChI is InChI=1S/C12H25N3O.2ClH/c1-3-12(4-2,9-13)11(16)15-10-6-5-7-14-8-10;;/h10,14H,3-9,13H2,1-2H3,(H,15,16);2*1H. The Labute approximate surface area is 123 Å². The first kappa shape index (κ1) is 20.3. The third-order valence-corrected chi connectivity index (χ3v) is 3.86. The zero-order chi connectivity index (χ0) is 12.0. The fourth-order valence-corrected chi connectivity index (χ4v) is 2.27. The van der Waals surface area contributed by atoms with Crippen LogP contribution in [-0.2, 0) is 4.79 Å². The van der Waals surface area contributed by atoms with E-state index in [1.165, 1.54) is 0 Å². The molecule has 0 aromatic rings. The molecule has 1 saturated heterocycles. The lowest BCUT2D eigenvalue weighted by Crippen LogP contribution is -2.52. The van der Waals surface area contributed by atoms with Crippen molar-refractivity contribution in [3.63, 3.8) is 0 Å². The minimum absolute atomic E-state index is 0. The predicted molar refractivity (Wildman–Crippen MR) is 80.6 cm³/mol. The fourth-order valence-electron chi connectivity index (χ4n) is 2.27. The molecule has 0 saturated carbocycles. The second kappa shape index (κ2) is 9.84. The average molecular weight is 300 g/mol. The summed E-state index contributed by atoms with van der Waals surface area (Å²) in [6.07, 6.45) is 3.84. The van der Waals surface area contributed by atoms with Crippen molar-refractivity contribution in [1.29, 1.82) is 0 Å². The van der Waals surface area contributed by atoms with Gasteiger partial charge in [0.2, 0.25) is 5.91 Å². The topological polar surface area (TPSA) is 67.2 Å². The van der Waals surface area contributed by atoms with Crippen LogP contribution in [0.3, 0.4) is 0 Å². The van der Waals surface area contributed by atoms with E-state index in [0.717, 1.165) is 38.8 Å². The molecule has 0 aliphatic carbocycles. The molecule has 110 valence electrons. The van der Waals surface area contributed by atoms with E-state index in [1.807, 2.05) is 13.8 Å². The van der Waals surface area contributed by atoms with Crippen molar-refractivity contribution in [2.45, 2.75) is 45.6 Å². The first-order valence-corrected chi connectivity index (χ1v) is 6.40. The second-order valence-corrected chi connectivity index (χ2v) is 4.71. The number of hydrogen-bond acceptors (Lipinski definition) is 3. The quantitative estimate of drug-likeness (QED) is 0.720. The van der Waals surface area contributed by atoms with Crippen molar-refractivity contribution in [3.8, 4) is 0 Å². The number of hydrogen-bond donors (Lipinski definition) is 3. The second-order valence-electron chi connectivity index (χ2n) is 4.71. The number of carbonyl (C=O) groups excluding carboxylic acids is 1.